The van der Waals surface area contributed by atoms with E-state index in [-0.39, 0.29) is 43.2 Å². The van der Waals surface area contributed by atoms with Gasteiger partial charge in [0, 0.05) is 24.3 Å². The minimum absolute atomic E-state index is 0.0380. The van der Waals surface area contributed by atoms with E-state index in [2.05, 4.69) is 39.5 Å². The van der Waals surface area contributed by atoms with Crippen LogP contribution in [0.1, 0.15) is 137 Å². The smallest absolute Gasteiger partial charge is 0.465 e. The molecular formula is C35H66NO7. The van der Waals surface area contributed by atoms with Gasteiger partial charge in [0.05, 0.1) is 32.8 Å². The molecule has 0 amide bonds. The zero-order valence-corrected chi connectivity index (χ0v) is 28.3. The van der Waals surface area contributed by atoms with Gasteiger partial charge >= 0.3 is 12.1 Å². The molecule has 1 unspecified atom stereocenters. The molecule has 1 aliphatic heterocycles. The Labute approximate surface area is 264 Å². The number of rotatable bonds is 27. The van der Waals surface area contributed by atoms with Crippen LogP contribution >= 0.6 is 0 Å². The van der Waals surface area contributed by atoms with Crippen LogP contribution in [-0.4, -0.2) is 76.0 Å². The first-order chi connectivity index (χ1) is 20.9. The molecule has 0 aromatic rings. The predicted octanol–water partition coefficient (Wildman–Crippen LogP) is 8.51. The molecule has 0 aliphatic carbocycles. The van der Waals surface area contributed by atoms with Gasteiger partial charge in [-0.3, -0.25) is 4.79 Å². The van der Waals surface area contributed by atoms with E-state index in [1.165, 1.54) is 77.0 Å². The van der Waals surface area contributed by atoms with Crippen LogP contribution in [0.2, 0.25) is 0 Å². The summed E-state index contributed by atoms with van der Waals surface area (Å²) in [6, 6.07) is 0. The average molecular weight is 613 g/mol. The van der Waals surface area contributed by atoms with Crippen molar-refractivity contribution < 1.29 is 33.3 Å². The SMILES string of the molecule is [CH2]C(COC(=O)CCC1OCC(CCCCCCCC)(CCCCCCCC)CO1)COC(=O)OCCCN(CC)CC. The van der Waals surface area contributed by atoms with E-state index in [4.69, 9.17) is 23.7 Å². The monoisotopic (exact) mass is 612 g/mol. The zero-order valence-electron chi connectivity index (χ0n) is 28.3. The fraction of sp³-hybridized carbons (Fsp3) is 0.914. The molecule has 0 bridgehead atoms. The molecule has 253 valence electrons. The normalized spacial score (nSPS) is 15.9. The van der Waals surface area contributed by atoms with Crippen LogP contribution in [-0.2, 0) is 28.5 Å². The van der Waals surface area contributed by atoms with Crippen molar-refractivity contribution in [3.63, 3.8) is 0 Å². The lowest BCUT2D eigenvalue weighted by molar-refractivity contribution is -0.236. The Bertz CT molecular complexity index is 659. The fourth-order valence-corrected chi connectivity index (χ4v) is 5.55. The lowest BCUT2D eigenvalue weighted by Gasteiger charge is -2.40. The summed E-state index contributed by atoms with van der Waals surface area (Å²) in [6.45, 7) is 17.3. The van der Waals surface area contributed by atoms with Gasteiger partial charge in [0.25, 0.3) is 0 Å². The summed E-state index contributed by atoms with van der Waals surface area (Å²) >= 11 is 0. The standard InChI is InChI=1S/C35H66NO7/c1-6-10-12-14-16-18-23-35(24-19-17-15-13-11-7-2)29-42-33(43-30-35)22-21-32(37)40-27-31(5)28-41-34(38)39-26-20-25-36(8-3)9-4/h31,33H,5-30H2,1-4H3. The maximum Gasteiger partial charge on any atom is 0.508 e. The van der Waals surface area contributed by atoms with E-state index in [9.17, 15) is 9.59 Å². The van der Waals surface area contributed by atoms with E-state index in [0.29, 0.717) is 26.2 Å². The fourth-order valence-electron chi connectivity index (χ4n) is 5.55. The average Bonchev–Trinajstić information content (AvgIpc) is 3.02. The van der Waals surface area contributed by atoms with Crippen molar-refractivity contribution in [2.45, 2.75) is 143 Å². The third kappa shape index (κ3) is 20.3. The summed E-state index contributed by atoms with van der Waals surface area (Å²) in [5.41, 5.74) is 0.0974. The third-order valence-electron chi connectivity index (χ3n) is 8.51. The van der Waals surface area contributed by atoms with Crippen LogP contribution in [0.15, 0.2) is 0 Å². The molecule has 43 heavy (non-hydrogen) atoms. The van der Waals surface area contributed by atoms with Gasteiger partial charge in [-0.15, -0.1) is 0 Å². The number of nitrogens with zero attached hydrogens (tertiary/aromatic N) is 1. The first-order valence-electron chi connectivity index (χ1n) is 17.6. The first-order valence-corrected chi connectivity index (χ1v) is 17.6. The van der Waals surface area contributed by atoms with E-state index >= 15 is 0 Å². The van der Waals surface area contributed by atoms with Gasteiger partial charge in [-0.25, -0.2) is 4.79 Å². The molecule has 0 saturated carbocycles. The lowest BCUT2D eigenvalue weighted by Crippen LogP contribution is -2.42. The summed E-state index contributed by atoms with van der Waals surface area (Å²) in [6.07, 6.45) is 18.2. The molecule has 1 heterocycles. The van der Waals surface area contributed by atoms with Crippen molar-refractivity contribution >= 4 is 12.1 Å². The molecule has 0 aromatic heterocycles. The quantitative estimate of drug-likeness (QED) is 0.0674. The van der Waals surface area contributed by atoms with Crippen LogP contribution in [0.5, 0.6) is 0 Å². The van der Waals surface area contributed by atoms with Crippen LogP contribution < -0.4 is 0 Å². The summed E-state index contributed by atoms with van der Waals surface area (Å²) in [5.74, 6) is -0.685. The zero-order chi connectivity index (χ0) is 31.6. The predicted molar refractivity (Wildman–Crippen MR) is 173 cm³/mol. The molecule has 1 rings (SSSR count). The third-order valence-corrected chi connectivity index (χ3v) is 8.51. The highest BCUT2D eigenvalue weighted by Crippen LogP contribution is 2.37. The largest absolute Gasteiger partial charge is 0.508 e. The minimum atomic E-state index is -0.713. The number of hydrogen-bond donors (Lipinski definition) is 0. The van der Waals surface area contributed by atoms with Crippen molar-refractivity contribution in [2.75, 3.05) is 52.7 Å². The number of hydrogen-bond acceptors (Lipinski definition) is 8. The summed E-state index contributed by atoms with van der Waals surface area (Å²) < 4.78 is 27.9. The molecule has 0 spiro atoms. The number of carbonyl (C=O) groups is 2. The van der Waals surface area contributed by atoms with Gasteiger partial charge in [-0.2, -0.15) is 0 Å². The second-order valence-corrected chi connectivity index (χ2v) is 12.5. The van der Waals surface area contributed by atoms with E-state index in [1.54, 1.807) is 0 Å². The number of esters is 1. The molecule has 1 aliphatic rings. The van der Waals surface area contributed by atoms with Crippen LogP contribution in [0.25, 0.3) is 0 Å². The van der Waals surface area contributed by atoms with Gasteiger partial charge in [0.2, 0.25) is 0 Å². The molecule has 8 heteroatoms. The Morgan fingerprint density at radius 3 is 1.86 bits per heavy atom. The first kappa shape index (κ1) is 39.6. The number of carbonyl (C=O) groups excluding carboxylic acids is 2. The van der Waals surface area contributed by atoms with Crippen LogP contribution in [0, 0.1) is 18.3 Å². The van der Waals surface area contributed by atoms with E-state index < -0.39 is 6.16 Å². The Balaban J connectivity index is 2.27. The summed E-state index contributed by atoms with van der Waals surface area (Å²) in [5, 5.41) is 0. The highest BCUT2D eigenvalue weighted by atomic mass is 16.7. The minimum Gasteiger partial charge on any atom is -0.465 e. The molecule has 8 nitrogen and oxygen atoms in total. The molecule has 1 fully saturated rings. The molecule has 1 radical (unpaired) electrons. The molecule has 0 N–H and O–H groups in total. The number of unbranched alkanes of at least 4 members (excludes halogenated alkanes) is 10. The topological polar surface area (TPSA) is 83.5 Å². The van der Waals surface area contributed by atoms with Crippen LogP contribution in [0.4, 0.5) is 4.79 Å². The van der Waals surface area contributed by atoms with Crippen molar-refractivity contribution in [1.29, 1.82) is 0 Å². The van der Waals surface area contributed by atoms with Gasteiger partial charge in [0.15, 0.2) is 6.29 Å². The molecule has 1 atom stereocenters. The van der Waals surface area contributed by atoms with Crippen molar-refractivity contribution in [2.24, 2.45) is 11.3 Å². The number of ether oxygens (including phenoxy) is 5. The molecule has 1 saturated heterocycles. The lowest BCUT2D eigenvalue weighted by atomic mass is 9.78. The van der Waals surface area contributed by atoms with Gasteiger partial charge in [-0.1, -0.05) is 105 Å². The maximum atomic E-state index is 12.3. The second-order valence-electron chi connectivity index (χ2n) is 12.5. The van der Waals surface area contributed by atoms with Crippen molar-refractivity contribution in [3.8, 4) is 0 Å². The Morgan fingerprint density at radius 2 is 1.30 bits per heavy atom. The maximum absolute atomic E-state index is 12.3. The van der Waals surface area contributed by atoms with E-state index in [0.717, 1.165) is 38.9 Å². The Kier molecular flexibility index (Phi) is 23.9. The summed E-state index contributed by atoms with van der Waals surface area (Å²) in [7, 11) is 0. The molecular weight excluding hydrogens is 546 g/mol. The second kappa shape index (κ2) is 25.9. The van der Waals surface area contributed by atoms with E-state index in [1.807, 2.05) is 0 Å². The highest BCUT2D eigenvalue weighted by Gasteiger charge is 2.36. The molecule has 0 aromatic carbocycles. The van der Waals surface area contributed by atoms with Gasteiger partial charge < -0.3 is 28.6 Å². The van der Waals surface area contributed by atoms with Crippen molar-refractivity contribution in [3.05, 3.63) is 6.92 Å². The van der Waals surface area contributed by atoms with Crippen LogP contribution in [0.3, 0.4) is 0 Å². The van der Waals surface area contributed by atoms with Gasteiger partial charge in [-0.05, 0) is 39.3 Å². The van der Waals surface area contributed by atoms with Crippen molar-refractivity contribution in [1.82, 2.24) is 4.90 Å². The Hall–Kier alpha value is -1.38. The highest BCUT2D eigenvalue weighted by molar-refractivity contribution is 5.69. The Morgan fingerprint density at radius 1 is 0.767 bits per heavy atom. The summed E-state index contributed by atoms with van der Waals surface area (Å²) in [4.78, 5) is 26.4. The van der Waals surface area contributed by atoms with Gasteiger partial charge in [0.1, 0.15) is 6.61 Å².